The fourth-order valence-corrected chi connectivity index (χ4v) is 3.95. The number of amides is 1. The van der Waals surface area contributed by atoms with E-state index < -0.39 is 0 Å². The molecule has 2 aromatic rings. The Morgan fingerprint density at radius 2 is 1.87 bits per heavy atom. The van der Waals surface area contributed by atoms with E-state index in [1.54, 1.807) is 43.0 Å². The van der Waals surface area contributed by atoms with Crippen molar-refractivity contribution in [2.45, 2.75) is 5.37 Å². The predicted octanol–water partition coefficient (Wildman–Crippen LogP) is 4.14. The number of halogens is 1. The molecular weight excluding hydrogens is 334 g/mol. The molecule has 0 aromatic heterocycles. The predicted molar refractivity (Wildman–Crippen MR) is 93.7 cm³/mol. The number of benzene rings is 2. The Morgan fingerprint density at radius 1 is 1.13 bits per heavy atom. The van der Waals surface area contributed by atoms with Gasteiger partial charge in [0.05, 0.1) is 25.0 Å². The molecule has 1 atom stereocenters. The number of hydrogen-bond acceptors (Lipinski definition) is 4. The average Bonchev–Trinajstić information content (AvgIpc) is 2.96. The van der Waals surface area contributed by atoms with Crippen LogP contribution in [0, 0.1) is 0 Å². The van der Waals surface area contributed by atoms with E-state index in [1.807, 2.05) is 30.3 Å². The molecule has 1 fully saturated rings. The third-order valence-corrected chi connectivity index (χ3v) is 5.19. The van der Waals surface area contributed by atoms with Gasteiger partial charge in [-0.1, -0.05) is 23.7 Å². The highest BCUT2D eigenvalue weighted by Gasteiger charge is 2.34. The molecule has 3 rings (SSSR count). The molecule has 1 amide bonds. The standard InChI is InChI=1S/C17H16ClNO3S/c1-21-13-6-3-11(4-7-13)17-19(16(20)10-23-17)12-5-8-15(22-2)14(18)9-12/h3-9,17H,10H2,1-2H3/t17-/m1/s1. The van der Waals surface area contributed by atoms with Crippen molar-refractivity contribution in [1.29, 1.82) is 0 Å². The first-order valence-electron chi connectivity index (χ1n) is 7.05. The van der Waals surface area contributed by atoms with E-state index in [0.29, 0.717) is 16.5 Å². The zero-order valence-electron chi connectivity index (χ0n) is 12.8. The Balaban J connectivity index is 1.94. The van der Waals surface area contributed by atoms with Crippen molar-refractivity contribution in [3.05, 3.63) is 53.1 Å². The largest absolute Gasteiger partial charge is 0.497 e. The first-order chi connectivity index (χ1) is 11.1. The first-order valence-corrected chi connectivity index (χ1v) is 8.48. The van der Waals surface area contributed by atoms with E-state index in [9.17, 15) is 4.79 Å². The van der Waals surface area contributed by atoms with Gasteiger partial charge in [-0.3, -0.25) is 9.69 Å². The molecule has 4 nitrogen and oxygen atoms in total. The van der Waals surface area contributed by atoms with Gasteiger partial charge in [0.25, 0.3) is 0 Å². The van der Waals surface area contributed by atoms with E-state index >= 15 is 0 Å². The highest BCUT2D eigenvalue weighted by Crippen LogP contribution is 2.43. The summed E-state index contributed by atoms with van der Waals surface area (Å²) in [5, 5.41) is 0.418. The van der Waals surface area contributed by atoms with Crippen molar-refractivity contribution < 1.29 is 14.3 Å². The lowest BCUT2D eigenvalue weighted by atomic mass is 10.1. The second kappa shape index (κ2) is 6.72. The lowest BCUT2D eigenvalue weighted by Crippen LogP contribution is -2.27. The summed E-state index contributed by atoms with van der Waals surface area (Å²) in [5.74, 6) is 1.90. The van der Waals surface area contributed by atoms with Gasteiger partial charge in [-0.25, -0.2) is 0 Å². The molecule has 0 radical (unpaired) electrons. The molecule has 23 heavy (non-hydrogen) atoms. The maximum absolute atomic E-state index is 12.4. The highest BCUT2D eigenvalue weighted by atomic mass is 35.5. The smallest absolute Gasteiger partial charge is 0.238 e. The molecule has 120 valence electrons. The van der Waals surface area contributed by atoms with Gasteiger partial charge in [-0.15, -0.1) is 11.8 Å². The van der Waals surface area contributed by atoms with Crippen molar-refractivity contribution in [3.8, 4) is 11.5 Å². The maximum Gasteiger partial charge on any atom is 0.238 e. The fourth-order valence-electron chi connectivity index (χ4n) is 2.52. The molecule has 1 heterocycles. The summed E-state index contributed by atoms with van der Waals surface area (Å²) in [7, 11) is 3.20. The van der Waals surface area contributed by atoms with E-state index in [4.69, 9.17) is 21.1 Å². The van der Waals surface area contributed by atoms with Gasteiger partial charge < -0.3 is 9.47 Å². The van der Waals surface area contributed by atoms with Gasteiger partial charge in [0.15, 0.2) is 0 Å². The van der Waals surface area contributed by atoms with Gasteiger partial charge in [-0.05, 0) is 35.9 Å². The highest BCUT2D eigenvalue weighted by molar-refractivity contribution is 8.00. The maximum atomic E-state index is 12.4. The molecule has 1 aliphatic rings. The van der Waals surface area contributed by atoms with Crippen molar-refractivity contribution in [1.82, 2.24) is 0 Å². The third kappa shape index (κ3) is 3.12. The van der Waals surface area contributed by atoms with Crippen molar-refractivity contribution in [3.63, 3.8) is 0 Å². The van der Waals surface area contributed by atoms with Crippen LogP contribution in [0.1, 0.15) is 10.9 Å². The summed E-state index contributed by atoms with van der Waals surface area (Å²) in [6.45, 7) is 0. The quantitative estimate of drug-likeness (QED) is 0.831. The van der Waals surface area contributed by atoms with Crippen LogP contribution in [0.5, 0.6) is 11.5 Å². The molecule has 6 heteroatoms. The zero-order valence-corrected chi connectivity index (χ0v) is 14.4. The van der Waals surface area contributed by atoms with Gasteiger partial charge in [0.1, 0.15) is 16.9 Å². The van der Waals surface area contributed by atoms with Crippen LogP contribution >= 0.6 is 23.4 Å². The number of hydrogen-bond donors (Lipinski definition) is 0. The first kappa shape index (κ1) is 16.0. The van der Waals surface area contributed by atoms with Gasteiger partial charge in [-0.2, -0.15) is 0 Å². The second-order valence-electron chi connectivity index (χ2n) is 5.02. The minimum absolute atomic E-state index is 0.0667. The zero-order chi connectivity index (χ0) is 16.4. The van der Waals surface area contributed by atoms with Gasteiger partial charge in [0.2, 0.25) is 5.91 Å². The lowest BCUT2D eigenvalue weighted by molar-refractivity contribution is -0.115. The molecular formula is C17H16ClNO3S. The number of carbonyl (C=O) groups is 1. The molecule has 1 aliphatic heterocycles. The minimum atomic E-state index is -0.0714. The van der Waals surface area contributed by atoms with Crippen molar-refractivity contribution >= 4 is 35.0 Å². The van der Waals surface area contributed by atoms with Gasteiger partial charge in [0, 0.05) is 5.69 Å². The molecule has 0 saturated carbocycles. The molecule has 2 aromatic carbocycles. The summed E-state index contributed by atoms with van der Waals surface area (Å²) < 4.78 is 10.4. The number of methoxy groups -OCH3 is 2. The van der Waals surface area contributed by atoms with Crippen LogP contribution in [0.4, 0.5) is 5.69 Å². The van der Waals surface area contributed by atoms with E-state index in [-0.39, 0.29) is 11.3 Å². The number of nitrogens with zero attached hydrogens (tertiary/aromatic N) is 1. The SMILES string of the molecule is COc1ccc([C@H]2SCC(=O)N2c2ccc(OC)c(Cl)c2)cc1. The number of rotatable bonds is 4. The van der Waals surface area contributed by atoms with Crippen molar-refractivity contribution in [2.75, 3.05) is 24.9 Å². The molecule has 0 aliphatic carbocycles. The summed E-state index contributed by atoms with van der Waals surface area (Å²) in [4.78, 5) is 14.1. The van der Waals surface area contributed by atoms with Crippen LogP contribution in [-0.2, 0) is 4.79 Å². The Bertz CT molecular complexity index is 720. The van der Waals surface area contributed by atoms with Crippen LogP contribution < -0.4 is 14.4 Å². The second-order valence-corrected chi connectivity index (χ2v) is 6.49. The van der Waals surface area contributed by atoms with Crippen LogP contribution in [0.15, 0.2) is 42.5 Å². The van der Waals surface area contributed by atoms with Crippen molar-refractivity contribution in [2.24, 2.45) is 0 Å². The minimum Gasteiger partial charge on any atom is -0.497 e. The number of anilines is 1. The van der Waals surface area contributed by atoms with E-state index in [1.165, 1.54) is 0 Å². The Hall–Kier alpha value is -1.85. The summed E-state index contributed by atoms with van der Waals surface area (Å²) in [5.41, 5.74) is 1.82. The molecule has 0 spiro atoms. The van der Waals surface area contributed by atoms with Crippen LogP contribution in [-0.4, -0.2) is 25.9 Å². The van der Waals surface area contributed by atoms with E-state index in [0.717, 1.165) is 17.0 Å². The van der Waals surface area contributed by atoms with Gasteiger partial charge >= 0.3 is 0 Å². The van der Waals surface area contributed by atoms with E-state index in [2.05, 4.69) is 0 Å². The molecule has 0 bridgehead atoms. The third-order valence-electron chi connectivity index (χ3n) is 3.68. The number of thioether (sulfide) groups is 1. The number of ether oxygens (including phenoxy) is 2. The molecule has 0 unspecified atom stereocenters. The normalized spacial score (nSPS) is 17.4. The Labute approximate surface area is 144 Å². The van der Waals surface area contributed by atoms with Crippen LogP contribution in [0.3, 0.4) is 0 Å². The number of carbonyl (C=O) groups excluding carboxylic acids is 1. The Morgan fingerprint density at radius 3 is 2.48 bits per heavy atom. The topological polar surface area (TPSA) is 38.8 Å². The van der Waals surface area contributed by atoms with Crippen LogP contribution in [0.2, 0.25) is 5.02 Å². The molecule has 0 N–H and O–H groups in total. The lowest BCUT2D eigenvalue weighted by Gasteiger charge is -2.25. The van der Waals surface area contributed by atoms with Crippen LogP contribution in [0.25, 0.3) is 0 Å². The average molecular weight is 350 g/mol. The molecule has 1 saturated heterocycles. The summed E-state index contributed by atoms with van der Waals surface area (Å²) in [6.07, 6.45) is 0. The Kier molecular flexibility index (Phi) is 4.68. The summed E-state index contributed by atoms with van der Waals surface area (Å²) in [6, 6.07) is 13.2. The monoisotopic (exact) mass is 349 g/mol. The fraction of sp³-hybridized carbons (Fsp3) is 0.235. The summed E-state index contributed by atoms with van der Waals surface area (Å²) >= 11 is 7.80.